The summed E-state index contributed by atoms with van der Waals surface area (Å²) in [5.41, 5.74) is 2.49. The Balaban J connectivity index is 1.97. The van der Waals surface area contributed by atoms with Gasteiger partial charge in [0.25, 0.3) is 0 Å². The summed E-state index contributed by atoms with van der Waals surface area (Å²) in [6.45, 7) is 2.94. The van der Waals surface area contributed by atoms with E-state index in [1.54, 1.807) is 17.7 Å². The predicted octanol–water partition coefficient (Wildman–Crippen LogP) is 2.98. The molecule has 0 radical (unpaired) electrons. The summed E-state index contributed by atoms with van der Waals surface area (Å²) in [5, 5.41) is 10.5. The molecule has 7 heteroatoms. The van der Waals surface area contributed by atoms with Crippen molar-refractivity contribution in [3.05, 3.63) is 23.2 Å². The second-order valence-electron chi connectivity index (χ2n) is 4.06. The first-order chi connectivity index (χ1) is 9.36. The maximum Gasteiger partial charge on any atom is 0.226 e. The van der Waals surface area contributed by atoms with Crippen molar-refractivity contribution in [1.29, 1.82) is 0 Å². The molecular formula is C12H14N6S. The van der Waals surface area contributed by atoms with Crippen LogP contribution in [0.25, 0.3) is 11.2 Å². The van der Waals surface area contributed by atoms with E-state index in [1.165, 1.54) is 0 Å². The Morgan fingerprint density at radius 2 is 2.32 bits per heavy atom. The normalized spacial score (nSPS) is 10.8. The number of aromatic nitrogens is 4. The van der Waals surface area contributed by atoms with E-state index in [0.717, 1.165) is 30.0 Å². The van der Waals surface area contributed by atoms with E-state index in [4.69, 9.17) is 0 Å². The van der Waals surface area contributed by atoms with Crippen molar-refractivity contribution in [2.45, 2.75) is 13.3 Å². The van der Waals surface area contributed by atoms with Gasteiger partial charge in [-0.05, 0) is 17.9 Å². The minimum absolute atomic E-state index is 0.596. The summed E-state index contributed by atoms with van der Waals surface area (Å²) in [5.74, 6) is 1.33. The second-order valence-corrected chi connectivity index (χ2v) is 4.84. The SMILES string of the molecule is CCCNc1nc(Nc2ccsc2)c2[nH]cnc2n1. The number of thiophene rings is 1. The van der Waals surface area contributed by atoms with Gasteiger partial charge in [0.2, 0.25) is 5.95 Å². The Morgan fingerprint density at radius 3 is 3.11 bits per heavy atom. The van der Waals surface area contributed by atoms with Crippen LogP contribution in [-0.4, -0.2) is 26.5 Å². The third-order valence-electron chi connectivity index (χ3n) is 2.60. The Kier molecular flexibility index (Phi) is 3.28. The summed E-state index contributed by atoms with van der Waals surface area (Å²) >= 11 is 1.64. The molecular weight excluding hydrogens is 260 g/mol. The second kappa shape index (κ2) is 5.23. The molecule has 0 fully saturated rings. The number of imidazole rings is 1. The van der Waals surface area contributed by atoms with E-state index in [9.17, 15) is 0 Å². The fourth-order valence-corrected chi connectivity index (χ4v) is 2.30. The molecule has 0 aliphatic rings. The van der Waals surface area contributed by atoms with Crippen LogP contribution >= 0.6 is 11.3 Å². The van der Waals surface area contributed by atoms with Crippen LogP contribution in [0.4, 0.5) is 17.5 Å². The minimum atomic E-state index is 0.596. The molecule has 3 heterocycles. The summed E-state index contributed by atoms with van der Waals surface area (Å²) in [6.07, 6.45) is 2.65. The van der Waals surface area contributed by atoms with Crippen LogP contribution in [0.3, 0.4) is 0 Å². The first-order valence-electron chi connectivity index (χ1n) is 6.11. The quantitative estimate of drug-likeness (QED) is 0.666. The Bertz CT molecular complexity index is 660. The number of nitrogens with zero attached hydrogens (tertiary/aromatic N) is 3. The highest BCUT2D eigenvalue weighted by molar-refractivity contribution is 7.08. The van der Waals surface area contributed by atoms with E-state index < -0.39 is 0 Å². The average Bonchev–Trinajstić information content (AvgIpc) is 3.06. The summed E-state index contributed by atoms with van der Waals surface area (Å²) < 4.78 is 0. The van der Waals surface area contributed by atoms with E-state index in [2.05, 4.69) is 37.5 Å². The fourth-order valence-electron chi connectivity index (χ4n) is 1.71. The minimum Gasteiger partial charge on any atom is -0.354 e. The molecule has 0 unspecified atom stereocenters. The topological polar surface area (TPSA) is 78.5 Å². The molecule has 0 aromatic carbocycles. The molecule has 3 N–H and O–H groups in total. The van der Waals surface area contributed by atoms with E-state index in [1.807, 2.05) is 16.8 Å². The molecule has 3 rings (SSSR count). The smallest absolute Gasteiger partial charge is 0.226 e. The Labute approximate surface area is 114 Å². The average molecular weight is 274 g/mol. The predicted molar refractivity (Wildman–Crippen MR) is 78.1 cm³/mol. The first kappa shape index (κ1) is 11.9. The van der Waals surface area contributed by atoms with Crippen LogP contribution in [0.1, 0.15) is 13.3 Å². The molecule has 0 bridgehead atoms. The lowest BCUT2D eigenvalue weighted by atomic mass is 10.4. The van der Waals surface area contributed by atoms with Crippen LogP contribution in [0, 0.1) is 0 Å². The number of H-pyrrole nitrogens is 1. The number of nitrogens with one attached hydrogen (secondary N) is 3. The number of hydrogen-bond donors (Lipinski definition) is 3. The molecule has 3 aromatic heterocycles. The molecule has 0 saturated carbocycles. The number of hydrogen-bond acceptors (Lipinski definition) is 6. The van der Waals surface area contributed by atoms with Gasteiger partial charge in [0.05, 0.1) is 12.0 Å². The zero-order valence-corrected chi connectivity index (χ0v) is 11.3. The molecule has 0 aliphatic heterocycles. The van der Waals surface area contributed by atoms with Crippen LogP contribution in [0.2, 0.25) is 0 Å². The van der Waals surface area contributed by atoms with Gasteiger partial charge in [-0.25, -0.2) is 4.98 Å². The lowest BCUT2D eigenvalue weighted by Gasteiger charge is -2.07. The highest BCUT2D eigenvalue weighted by Gasteiger charge is 2.10. The first-order valence-corrected chi connectivity index (χ1v) is 7.05. The largest absolute Gasteiger partial charge is 0.354 e. The highest BCUT2D eigenvalue weighted by atomic mass is 32.1. The van der Waals surface area contributed by atoms with Gasteiger partial charge in [0.15, 0.2) is 11.5 Å². The maximum absolute atomic E-state index is 4.49. The van der Waals surface area contributed by atoms with E-state index >= 15 is 0 Å². The van der Waals surface area contributed by atoms with Gasteiger partial charge in [-0.2, -0.15) is 21.3 Å². The number of fused-ring (bicyclic) bond motifs is 1. The molecule has 3 aromatic rings. The van der Waals surface area contributed by atoms with Gasteiger partial charge >= 0.3 is 0 Å². The van der Waals surface area contributed by atoms with Crippen molar-refractivity contribution in [2.75, 3.05) is 17.2 Å². The van der Waals surface area contributed by atoms with Crippen molar-refractivity contribution in [3.8, 4) is 0 Å². The Morgan fingerprint density at radius 1 is 1.37 bits per heavy atom. The molecule has 6 nitrogen and oxygen atoms in total. The standard InChI is InChI=1S/C12H14N6S/c1-2-4-13-12-17-10-9(14-7-15-10)11(18-12)16-8-3-5-19-6-8/h3,5-7H,2,4H2,1H3,(H3,13,14,15,16,17,18). The molecule has 0 spiro atoms. The molecule has 19 heavy (non-hydrogen) atoms. The molecule has 0 saturated heterocycles. The lowest BCUT2D eigenvalue weighted by Crippen LogP contribution is -2.06. The van der Waals surface area contributed by atoms with Crippen molar-refractivity contribution in [1.82, 2.24) is 19.9 Å². The van der Waals surface area contributed by atoms with E-state index in [0.29, 0.717) is 11.6 Å². The third kappa shape index (κ3) is 2.50. The molecule has 0 amide bonds. The van der Waals surface area contributed by atoms with Gasteiger partial charge in [-0.3, -0.25) is 0 Å². The van der Waals surface area contributed by atoms with Gasteiger partial charge in [-0.1, -0.05) is 6.92 Å². The van der Waals surface area contributed by atoms with E-state index in [-0.39, 0.29) is 0 Å². The maximum atomic E-state index is 4.49. The van der Waals surface area contributed by atoms with Crippen molar-refractivity contribution in [3.63, 3.8) is 0 Å². The van der Waals surface area contributed by atoms with Crippen LogP contribution in [-0.2, 0) is 0 Å². The van der Waals surface area contributed by atoms with Crippen LogP contribution < -0.4 is 10.6 Å². The van der Waals surface area contributed by atoms with Crippen LogP contribution in [0.15, 0.2) is 23.2 Å². The zero-order valence-electron chi connectivity index (χ0n) is 10.5. The molecule has 0 aliphatic carbocycles. The molecule has 98 valence electrons. The Hall–Kier alpha value is -2.15. The van der Waals surface area contributed by atoms with Crippen LogP contribution in [0.5, 0.6) is 0 Å². The number of anilines is 3. The summed E-state index contributed by atoms with van der Waals surface area (Å²) in [4.78, 5) is 16.1. The van der Waals surface area contributed by atoms with Crippen molar-refractivity contribution >= 4 is 40.0 Å². The summed E-state index contributed by atoms with van der Waals surface area (Å²) in [6, 6.07) is 2.01. The highest BCUT2D eigenvalue weighted by Crippen LogP contribution is 2.23. The van der Waals surface area contributed by atoms with Gasteiger partial charge in [0, 0.05) is 11.9 Å². The monoisotopic (exact) mass is 274 g/mol. The summed E-state index contributed by atoms with van der Waals surface area (Å²) in [7, 11) is 0. The van der Waals surface area contributed by atoms with Gasteiger partial charge < -0.3 is 15.6 Å². The van der Waals surface area contributed by atoms with Gasteiger partial charge in [0.1, 0.15) is 5.52 Å². The number of aromatic amines is 1. The zero-order chi connectivity index (χ0) is 13.1. The third-order valence-corrected chi connectivity index (χ3v) is 3.29. The molecule has 0 atom stereocenters. The van der Waals surface area contributed by atoms with Crippen molar-refractivity contribution < 1.29 is 0 Å². The fraction of sp³-hybridized carbons (Fsp3) is 0.250. The number of rotatable bonds is 5. The van der Waals surface area contributed by atoms with Crippen molar-refractivity contribution in [2.24, 2.45) is 0 Å². The van der Waals surface area contributed by atoms with Gasteiger partial charge in [-0.15, -0.1) is 0 Å². The lowest BCUT2D eigenvalue weighted by molar-refractivity contribution is 0.956.